The van der Waals surface area contributed by atoms with Gasteiger partial charge in [0.2, 0.25) is 0 Å². The second kappa shape index (κ2) is 4.85. The van der Waals surface area contributed by atoms with E-state index in [0.29, 0.717) is 6.10 Å². The van der Waals surface area contributed by atoms with E-state index in [1.807, 2.05) is 6.07 Å². The van der Waals surface area contributed by atoms with Gasteiger partial charge in [-0.05, 0) is 69.2 Å². The van der Waals surface area contributed by atoms with Crippen LogP contribution < -0.4 is 10.2 Å². The lowest BCUT2D eigenvalue weighted by atomic mass is 9.79. The van der Waals surface area contributed by atoms with Crippen LogP contribution in [0, 0.1) is 3.70 Å². The molecule has 108 valence electrons. The summed E-state index contributed by atoms with van der Waals surface area (Å²) in [5.41, 5.74) is 0.208. The highest BCUT2D eigenvalue weighted by atomic mass is 127. The summed E-state index contributed by atoms with van der Waals surface area (Å²) in [5.74, 6) is 0.838. The number of aromatic nitrogens is 1. The van der Waals surface area contributed by atoms with Crippen molar-refractivity contribution in [3.63, 3.8) is 0 Å². The summed E-state index contributed by atoms with van der Waals surface area (Å²) in [6, 6.07) is 1.90. The van der Waals surface area contributed by atoms with Crippen LogP contribution >= 0.6 is 22.6 Å². The summed E-state index contributed by atoms with van der Waals surface area (Å²) in [7, 11) is -0.422. The standard InChI is InChI=1S/C14H19BINO3/c1-13(2)14(3,4)20-15(19-13)11-10(18-9-5-6-9)7-8-17-12(11)16/h7-9H,5-6H2,1-4H3. The van der Waals surface area contributed by atoms with Crippen LogP contribution in [0.4, 0.5) is 0 Å². The molecule has 20 heavy (non-hydrogen) atoms. The van der Waals surface area contributed by atoms with E-state index in [0.717, 1.165) is 27.8 Å². The molecule has 2 aliphatic rings. The molecule has 0 radical (unpaired) electrons. The molecule has 6 heteroatoms. The summed E-state index contributed by atoms with van der Waals surface area (Å²) in [6.45, 7) is 8.21. The summed E-state index contributed by atoms with van der Waals surface area (Å²) in [5, 5.41) is 0. The zero-order valence-electron chi connectivity index (χ0n) is 12.3. The Hall–Kier alpha value is -0.335. The Morgan fingerprint density at radius 1 is 1.25 bits per heavy atom. The highest BCUT2D eigenvalue weighted by Gasteiger charge is 2.53. The van der Waals surface area contributed by atoms with Crippen LogP contribution in [0.15, 0.2) is 12.3 Å². The fourth-order valence-corrected chi connectivity index (χ4v) is 2.75. The molecule has 1 saturated carbocycles. The molecule has 1 aromatic heterocycles. The van der Waals surface area contributed by atoms with E-state index >= 15 is 0 Å². The largest absolute Gasteiger partial charge is 0.501 e. The maximum Gasteiger partial charge on any atom is 0.501 e. The van der Waals surface area contributed by atoms with Gasteiger partial charge in [0, 0.05) is 6.20 Å². The molecule has 2 fully saturated rings. The number of hydrogen-bond acceptors (Lipinski definition) is 4. The monoisotopic (exact) mass is 387 g/mol. The molecule has 0 bridgehead atoms. The van der Waals surface area contributed by atoms with E-state index in [-0.39, 0.29) is 11.2 Å². The summed E-state index contributed by atoms with van der Waals surface area (Å²) in [6.07, 6.45) is 4.37. The van der Waals surface area contributed by atoms with E-state index in [1.165, 1.54) is 0 Å². The van der Waals surface area contributed by atoms with Crippen LogP contribution in [0.2, 0.25) is 0 Å². The Morgan fingerprint density at radius 3 is 2.40 bits per heavy atom. The molecule has 1 aliphatic heterocycles. The van der Waals surface area contributed by atoms with Crippen LogP contribution in [0.5, 0.6) is 5.75 Å². The Labute approximate surface area is 133 Å². The van der Waals surface area contributed by atoms with E-state index < -0.39 is 7.12 Å². The predicted octanol–water partition coefficient (Wildman–Crippen LogP) is 2.53. The van der Waals surface area contributed by atoms with Gasteiger partial charge in [-0.15, -0.1) is 0 Å². The van der Waals surface area contributed by atoms with E-state index in [1.54, 1.807) is 6.20 Å². The number of nitrogens with zero attached hydrogens (tertiary/aromatic N) is 1. The van der Waals surface area contributed by atoms with Crippen LogP contribution in [-0.2, 0) is 9.31 Å². The Kier molecular flexibility index (Phi) is 3.54. The predicted molar refractivity (Wildman–Crippen MR) is 86.3 cm³/mol. The molecule has 1 saturated heterocycles. The molecule has 0 unspecified atom stereocenters. The van der Waals surface area contributed by atoms with Crippen LogP contribution in [0.1, 0.15) is 40.5 Å². The van der Waals surface area contributed by atoms with Gasteiger partial charge in [-0.2, -0.15) is 0 Å². The minimum atomic E-state index is -0.422. The quantitative estimate of drug-likeness (QED) is 0.454. The Balaban J connectivity index is 1.94. The van der Waals surface area contributed by atoms with Gasteiger partial charge in [-0.25, -0.2) is 0 Å². The number of hydrogen-bond donors (Lipinski definition) is 0. The zero-order chi connectivity index (χ0) is 14.5. The molecule has 0 atom stereocenters. The second-order valence-electron chi connectivity index (χ2n) is 6.42. The van der Waals surface area contributed by atoms with Gasteiger partial charge in [0.15, 0.2) is 0 Å². The molecule has 3 rings (SSSR count). The third-order valence-electron chi connectivity index (χ3n) is 4.21. The van der Waals surface area contributed by atoms with Crippen LogP contribution in [0.25, 0.3) is 0 Å². The van der Waals surface area contributed by atoms with Gasteiger partial charge in [-0.1, -0.05) is 0 Å². The van der Waals surface area contributed by atoms with Crippen LogP contribution in [0.3, 0.4) is 0 Å². The lowest BCUT2D eigenvalue weighted by Gasteiger charge is -2.32. The molecular formula is C14H19BINO3. The van der Waals surface area contributed by atoms with E-state index in [2.05, 4.69) is 55.3 Å². The topological polar surface area (TPSA) is 40.6 Å². The maximum atomic E-state index is 6.13. The third kappa shape index (κ3) is 2.57. The first-order valence-electron chi connectivity index (χ1n) is 6.97. The summed E-state index contributed by atoms with van der Waals surface area (Å²) in [4.78, 5) is 4.35. The smallest absolute Gasteiger partial charge is 0.491 e. The van der Waals surface area contributed by atoms with Crippen molar-refractivity contribution in [2.45, 2.75) is 57.8 Å². The Bertz CT molecular complexity index is 515. The Morgan fingerprint density at radius 2 is 1.85 bits per heavy atom. The van der Waals surface area contributed by atoms with Gasteiger partial charge < -0.3 is 14.0 Å². The average molecular weight is 387 g/mol. The molecule has 0 aromatic carbocycles. The number of pyridine rings is 1. The maximum absolute atomic E-state index is 6.13. The average Bonchev–Trinajstić information content (AvgIpc) is 3.07. The third-order valence-corrected chi connectivity index (χ3v) is 5.07. The molecular weight excluding hydrogens is 368 g/mol. The van der Waals surface area contributed by atoms with Gasteiger partial charge in [0.1, 0.15) is 9.45 Å². The highest BCUT2D eigenvalue weighted by Crippen LogP contribution is 2.38. The second-order valence-corrected chi connectivity index (χ2v) is 7.44. The van der Waals surface area contributed by atoms with Crippen molar-refractivity contribution >= 4 is 35.2 Å². The number of rotatable bonds is 3. The highest BCUT2D eigenvalue weighted by molar-refractivity contribution is 14.1. The van der Waals surface area contributed by atoms with Crippen molar-refractivity contribution in [2.24, 2.45) is 0 Å². The molecule has 4 nitrogen and oxygen atoms in total. The molecule has 2 heterocycles. The fraction of sp³-hybridized carbons (Fsp3) is 0.643. The van der Waals surface area contributed by atoms with Crippen molar-refractivity contribution in [3.8, 4) is 5.75 Å². The fourth-order valence-electron chi connectivity index (χ4n) is 2.07. The van der Waals surface area contributed by atoms with Crippen molar-refractivity contribution in [3.05, 3.63) is 16.0 Å². The SMILES string of the molecule is CC1(C)OB(c2c(OC3CC3)ccnc2I)OC1(C)C. The normalized spacial score (nSPS) is 23.9. The summed E-state index contributed by atoms with van der Waals surface area (Å²) >= 11 is 2.22. The minimum absolute atomic E-state index is 0.342. The lowest BCUT2D eigenvalue weighted by molar-refractivity contribution is 0.00578. The molecule has 0 N–H and O–H groups in total. The van der Waals surface area contributed by atoms with Crippen molar-refractivity contribution in [2.75, 3.05) is 0 Å². The zero-order valence-corrected chi connectivity index (χ0v) is 14.4. The van der Waals surface area contributed by atoms with Gasteiger partial charge >= 0.3 is 7.12 Å². The van der Waals surface area contributed by atoms with Gasteiger partial charge in [0.05, 0.1) is 22.8 Å². The first kappa shape index (κ1) is 14.6. The molecule has 1 aromatic rings. The molecule has 1 aliphatic carbocycles. The van der Waals surface area contributed by atoms with Gasteiger partial charge in [0.25, 0.3) is 0 Å². The minimum Gasteiger partial charge on any atom is -0.491 e. The lowest BCUT2D eigenvalue weighted by Crippen LogP contribution is -2.41. The van der Waals surface area contributed by atoms with E-state index in [4.69, 9.17) is 14.0 Å². The first-order valence-corrected chi connectivity index (χ1v) is 8.05. The number of ether oxygens (including phenoxy) is 1. The van der Waals surface area contributed by atoms with Gasteiger partial charge in [-0.3, -0.25) is 4.98 Å². The van der Waals surface area contributed by atoms with E-state index in [9.17, 15) is 0 Å². The van der Waals surface area contributed by atoms with Crippen molar-refractivity contribution in [1.29, 1.82) is 0 Å². The molecule has 0 spiro atoms. The van der Waals surface area contributed by atoms with Crippen molar-refractivity contribution < 1.29 is 14.0 Å². The number of halogens is 1. The summed E-state index contributed by atoms with van der Waals surface area (Å²) < 4.78 is 19.1. The van der Waals surface area contributed by atoms with Crippen LogP contribution in [-0.4, -0.2) is 29.4 Å². The first-order chi connectivity index (χ1) is 9.30. The molecule has 0 amide bonds. The van der Waals surface area contributed by atoms with Crippen molar-refractivity contribution in [1.82, 2.24) is 4.98 Å².